The molecule has 1 aromatic heterocycles. The number of pyridine rings is 1. The lowest BCUT2D eigenvalue weighted by molar-refractivity contribution is -0.138. The second-order valence-electron chi connectivity index (χ2n) is 8.34. The zero-order chi connectivity index (χ0) is 23.3. The van der Waals surface area contributed by atoms with E-state index in [1.54, 1.807) is 30.5 Å². The highest BCUT2D eigenvalue weighted by molar-refractivity contribution is 7.89. The van der Waals surface area contributed by atoms with Gasteiger partial charge in [-0.25, -0.2) is 8.42 Å². The third kappa shape index (κ3) is 6.03. The van der Waals surface area contributed by atoms with Gasteiger partial charge in [0.25, 0.3) is 0 Å². The first-order valence-corrected chi connectivity index (χ1v) is 13.0. The van der Waals surface area contributed by atoms with Gasteiger partial charge in [-0.1, -0.05) is 11.6 Å². The van der Waals surface area contributed by atoms with Gasteiger partial charge in [0.1, 0.15) is 17.3 Å². The fraction of sp³-hybridized carbons (Fsp3) is 0.478. The van der Waals surface area contributed by atoms with Crippen LogP contribution >= 0.6 is 11.6 Å². The second-order valence-corrected chi connectivity index (χ2v) is 10.7. The Hall–Kier alpha value is -2.20. The lowest BCUT2D eigenvalue weighted by Gasteiger charge is -2.38. The van der Waals surface area contributed by atoms with E-state index in [2.05, 4.69) is 9.88 Å². The Morgan fingerprint density at radius 1 is 1.03 bits per heavy atom. The summed E-state index contributed by atoms with van der Waals surface area (Å²) in [4.78, 5) is 21.3. The molecule has 0 aliphatic carbocycles. The van der Waals surface area contributed by atoms with Crippen LogP contribution < -0.4 is 4.74 Å². The second kappa shape index (κ2) is 10.8. The van der Waals surface area contributed by atoms with Crippen LogP contribution in [-0.4, -0.2) is 85.8 Å². The highest BCUT2D eigenvalue weighted by Gasteiger charge is 2.34. The molecule has 2 aliphatic rings. The summed E-state index contributed by atoms with van der Waals surface area (Å²) in [5.74, 6) is 0.820. The lowest BCUT2D eigenvalue weighted by Crippen LogP contribution is -2.52. The molecule has 178 valence electrons. The van der Waals surface area contributed by atoms with Gasteiger partial charge >= 0.3 is 0 Å². The van der Waals surface area contributed by atoms with Crippen LogP contribution in [0.1, 0.15) is 12.8 Å². The maximum Gasteiger partial charge on any atom is 0.244 e. The number of piperazine rings is 1. The van der Waals surface area contributed by atoms with Gasteiger partial charge in [0, 0.05) is 69.1 Å². The predicted octanol–water partition coefficient (Wildman–Crippen LogP) is 2.36. The fourth-order valence-corrected chi connectivity index (χ4v) is 5.83. The Morgan fingerprint density at radius 3 is 2.36 bits per heavy atom. The van der Waals surface area contributed by atoms with E-state index in [0.717, 1.165) is 25.4 Å². The van der Waals surface area contributed by atoms with Gasteiger partial charge in [-0.05, 0) is 49.2 Å². The van der Waals surface area contributed by atoms with Crippen molar-refractivity contribution in [3.8, 4) is 5.75 Å². The molecule has 0 radical (unpaired) electrons. The summed E-state index contributed by atoms with van der Waals surface area (Å²) in [7, 11) is -3.55. The van der Waals surface area contributed by atoms with Crippen molar-refractivity contribution < 1.29 is 17.9 Å². The van der Waals surface area contributed by atoms with E-state index in [1.807, 2.05) is 17.0 Å². The van der Waals surface area contributed by atoms with E-state index in [-0.39, 0.29) is 16.7 Å². The Balaban J connectivity index is 1.19. The minimum absolute atomic E-state index is 0.120. The Labute approximate surface area is 200 Å². The summed E-state index contributed by atoms with van der Waals surface area (Å²) >= 11 is 5.89. The number of ether oxygens (including phenoxy) is 1. The van der Waals surface area contributed by atoms with Gasteiger partial charge in [0.15, 0.2) is 0 Å². The van der Waals surface area contributed by atoms with Crippen LogP contribution in [0.2, 0.25) is 5.02 Å². The van der Waals surface area contributed by atoms with Crippen LogP contribution in [0.5, 0.6) is 5.75 Å². The molecule has 2 saturated heterocycles. The quantitative estimate of drug-likeness (QED) is 0.590. The Bertz CT molecular complexity index is 1020. The number of halogens is 1. The van der Waals surface area contributed by atoms with Crippen molar-refractivity contribution in [2.24, 2.45) is 5.92 Å². The number of carbonyl (C=O) groups is 1. The summed E-state index contributed by atoms with van der Waals surface area (Å²) in [6.45, 7) is 5.09. The number of aromatic nitrogens is 1. The summed E-state index contributed by atoms with van der Waals surface area (Å²) in [5, 5.41) is 0.684. The van der Waals surface area contributed by atoms with E-state index >= 15 is 0 Å². The van der Waals surface area contributed by atoms with Crippen LogP contribution in [0.25, 0.3) is 0 Å². The number of piperidine rings is 1. The van der Waals surface area contributed by atoms with Crippen molar-refractivity contribution in [1.82, 2.24) is 19.1 Å². The van der Waals surface area contributed by atoms with Crippen molar-refractivity contribution >= 4 is 27.5 Å². The maximum absolute atomic E-state index is 13.0. The van der Waals surface area contributed by atoms with Crippen molar-refractivity contribution in [2.45, 2.75) is 17.7 Å². The first-order valence-electron chi connectivity index (χ1n) is 11.2. The van der Waals surface area contributed by atoms with Gasteiger partial charge in [-0.2, -0.15) is 4.31 Å². The molecule has 2 aliphatic heterocycles. The average molecular weight is 493 g/mol. The molecular formula is C23H29ClN4O4S. The number of hydrogen-bond donors (Lipinski definition) is 0. The van der Waals surface area contributed by atoms with Gasteiger partial charge in [0.2, 0.25) is 15.9 Å². The monoisotopic (exact) mass is 492 g/mol. The standard InChI is InChI=1S/C23H29ClN4O4S/c24-20-3-5-21(6-4-20)32-17-16-26-12-14-27(15-13-26)23(29)19-7-10-28(11-8-19)33(30,31)22-2-1-9-25-18-22/h1-6,9,18-19H,7-8,10-17H2. The van der Waals surface area contributed by atoms with E-state index in [9.17, 15) is 13.2 Å². The molecule has 0 atom stereocenters. The van der Waals surface area contributed by atoms with Gasteiger partial charge in [-0.15, -0.1) is 0 Å². The third-order valence-electron chi connectivity index (χ3n) is 6.25. The zero-order valence-electron chi connectivity index (χ0n) is 18.5. The number of nitrogens with zero attached hydrogens (tertiary/aromatic N) is 4. The number of sulfonamides is 1. The number of amides is 1. The molecule has 1 amide bonds. The highest BCUT2D eigenvalue weighted by Crippen LogP contribution is 2.25. The molecule has 10 heteroatoms. The number of hydrogen-bond acceptors (Lipinski definition) is 6. The number of benzene rings is 1. The largest absolute Gasteiger partial charge is 0.492 e. The van der Waals surface area contributed by atoms with Gasteiger partial charge < -0.3 is 9.64 Å². The molecule has 33 heavy (non-hydrogen) atoms. The van der Waals surface area contributed by atoms with Crippen LogP contribution in [0.4, 0.5) is 0 Å². The molecule has 1 aromatic carbocycles. The molecular weight excluding hydrogens is 464 g/mol. The summed E-state index contributed by atoms with van der Waals surface area (Å²) < 4.78 is 32.8. The zero-order valence-corrected chi connectivity index (χ0v) is 20.0. The van der Waals surface area contributed by atoms with E-state index in [0.29, 0.717) is 50.7 Å². The van der Waals surface area contributed by atoms with E-state index < -0.39 is 10.0 Å². The van der Waals surface area contributed by atoms with Crippen LogP contribution in [0, 0.1) is 5.92 Å². The minimum atomic E-state index is -3.55. The van der Waals surface area contributed by atoms with Crippen LogP contribution in [0.15, 0.2) is 53.7 Å². The molecule has 4 rings (SSSR count). The normalized spacial score (nSPS) is 18.9. The van der Waals surface area contributed by atoms with E-state index in [1.165, 1.54) is 10.5 Å². The van der Waals surface area contributed by atoms with Crippen molar-refractivity contribution in [3.05, 3.63) is 53.8 Å². The molecule has 0 N–H and O–H groups in total. The van der Waals surface area contributed by atoms with E-state index in [4.69, 9.17) is 16.3 Å². The number of carbonyl (C=O) groups excluding carboxylic acids is 1. The van der Waals surface area contributed by atoms with Crippen molar-refractivity contribution in [3.63, 3.8) is 0 Å². The van der Waals surface area contributed by atoms with Gasteiger partial charge in [0.05, 0.1) is 0 Å². The van der Waals surface area contributed by atoms with Crippen molar-refractivity contribution in [1.29, 1.82) is 0 Å². The van der Waals surface area contributed by atoms with Crippen LogP contribution in [-0.2, 0) is 14.8 Å². The summed E-state index contributed by atoms with van der Waals surface area (Å²) in [5.41, 5.74) is 0. The van der Waals surface area contributed by atoms with Crippen molar-refractivity contribution in [2.75, 3.05) is 52.4 Å². The van der Waals surface area contributed by atoms with Gasteiger partial charge in [-0.3, -0.25) is 14.7 Å². The van der Waals surface area contributed by atoms with Crippen LogP contribution in [0.3, 0.4) is 0 Å². The molecule has 2 fully saturated rings. The number of rotatable bonds is 7. The molecule has 0 saturated carbocycles. The predicted molar refractivity (Wildman–Crippen MR) is 126 cm³/mol. The first-order chi connectivity index (χ1) is 15.9. The first kappa shape index (κ1) is 23.9. The maximum atomic E-state index is 13.0. The molecule has 8 nitrogen and oxygen atoms in total. The highest BCUT2D eigenvalue weighted by atomic mass is 35.5. The average Bonchev–Trinajstić information content (AvgIpc) is 2.86. The summed E-state index contributed by atoms with van der Waals surface area (Å²) in [6.07, 6.45) is 4.02. The Kier molecular flexibility index (Phi) is 7.85. The topological polar surface area (TPSA) is 83.0 Å². The third-order valence-corrected chi connectivity index (χ3v) is 8.38. The summed E-state index contributed by atoms with van der Waals surface area (Å²) in [6, 6.07) is 10.5. The molecule has 2 aromatic rings. The molecule has 0 bridgehead atoms. The minimum Gasteiger partial charge on any atom is -0.492 e. The molecule has 0 unspecified atom stereocenters. The SMILES string of the molecule is O=C(C1CCN(S(=O)(=O)c2cccnc2)CC1)N1CCN(CCOc2ccc(Cl)cc2)CC1. The Morgan fingerprint density at radius 2 is 1.73 bits per heavy atom. The molecule has 0 spiro atoms. The molecule has 3 heterocycles. The lowest BCUT2D eigenvalue weighted by atomic mass is 9.96. The fourth-order valence-electron chi connectivity index (χ4n) is 4.27. The smallest absolute Gasteiger partial charge is 0.244 e.